The Morgan fingerprint density at radius 2 is 2.05 bits per heavy atom. The zero-order valence-electron chi connectivity index (χ0n) is 11.1. The maximum atomic E-state index is 12.0. The Hall–Kier alpha value is -1.48. The summed E-state index contributed by atoms with van der Waals surface area (Å²) in [5, 5.41) is 4.94. The van der Waals surface area contributed by atoms with Crippen LogP contribution in [0.5, 0.6) is 0 Å². The summed E-state index contributed by atoms with van der Waals surface area (Å²) in [6, 6.07) is 0.511. The van der Waals surface area contributed by atoms with Gasteiger partial charge in [0.2, 0.25) is 7.14 Å². The number of nitrogens with one attached hydrogen (secondary N) is 1. The average Bonchev–Trinajstić information content (AvgIpc) is 2.87. The molecule has 0 aromatic carbocycles. The molecular weight excluding hydrogens is 263 g/mol. The van der Waals surface area contributed by atoms with Gasteiger partial charge in [-0.2, -0.15) is 4.98 Å². The lowest BCUT2D eigenvalue weighted by atomic mass is 10.1. The van der Waals surface area contributed by atoms with E-state index in [0.29, 0.717) is 23.2 Å². The minimum atomic E-state index is -2.19. The number of hydrogen-bond acceptors (Lipinski definition) is 5. The van der Waals surface area contributed by atoms with Gasteiger partial charge in [-0.1, -0.05) is 13.8 Å². The molecule has 2 bridgehead atoms. The number of furan rings is 1. The first-order chi connectivity index (χ1) is 9.07. The Kier molecular flexibility index (Phi) is 2.00. The number of aromatic nitrogens is 1. The highest BCUT2D eigenvalue weighted by atomic mass is 31.2. The molecule has 2 aromatic rings. The van der Waals surface area contributed by atoms with Crippen LogP contribution in [0.4, 0.5) is 6.01 Å². The van der Waals surface area contributed by atoms with Crippen LogP contribution in [0.3, 0.4) is 0 Å². The highest BCUT2D eigenvalue weighted by molar-refractivity contribution is 8.06. The third kappa shape index (κ3) is 1.31. The van der Waals surface area contributed by atoms with Crippen LogP contribution in [0, 0.1) is 5.92 Å². The zero-order chi connectivity index (χ0) is 13.4. The third-order valence-corrected chi connectivity index (χ3v) is 6.04. The van der Waals surface area contributed by atoms with E-state index < -0.39 is 7.14 Å². The maximum Gasteiger partial charge on any atom is 0.295 e. The fourth-order valence-corrected chi connectivity index (χ4v) is 5.01. The SMILES string of the molecule is CCNc1nc(-c2oc3c4c2P34=O)c(CC(C)C)o1. The number of rotatable bonds is 5. The van der Waals surface area contributed by atoms with Crippen molar-refractivity contribution in [2.75, 3.05) is 11.9 Å². The monoisotopic (exact) mass is 278 g/mol. The lowest BCUT2D eigenvalue weighted by Crippen LogP contribution is -1.99. The van der Waals surface area contributed by atoms with Crippen molar-refractivity contribution < 1.29 is 13.4 Å². The first-order valence-corrected chi connectivity index (χ1v) is 8.30. The van der Waals surface area contributed by atoms with Crippen molar-refractivity contribution in [1.82, 2.24) is 4.98 Å². The summed E-state index contributed by atoms with van der Waals surface area (Å²) >= 11 is 0. The molecule has 2 aromatic heterocycles. The van der Waals surface area contributed by atoms with Gasteiger partial charge in [0.25, 0.3) is 6.01 Å². The van der Waals surface area contributed by atoms with Crippen molar-refractivity contribution in [3.05, 3.63) is 5.76 Å². The number of anilines is 1. The van der Waals surface area contributed by atoms with Gasteiger partial charge < -0.3 is 18.7 Å². The number of fused-ring (bicyclic) bond motifs is 1. The average molecular weight is 278 g/mol. The van der Waals surface area contributed by atoms with Crippen LogP contribution in [0.1, 0.15) is 26.5 Å². The highest BCUT2D eigenvalue weighted by Crippen LogP contribution is 2.70. The molecule has 19 heavy (non-hydrogen) atoms. The topological polar surface area (TPSA) is 68.3 Å². The summed E-state index contributed by atoms with van der Waals surface area (Å²) in [7, 11) is -2.19. The second-order valence-corrected chi connectivity index (χ2v) is 7.98. The molecular formula is C13H15N2O3P. The Bertz CT molecular complexity index is 732. The third-order valence-electron chi connectivity index (χ3n) is 3.49. The molecule has 0 amide bonds. The first-order valence-electron chi connectivity index (χ1n) is 6.59. The van der Waals surface area contributed by atoms with E-state index in [2.05, 4.69) is 24.1 Å². The van der Waals surface area contributed by atoms with E-state index in [4.69, 9.17) is 8.83 Å². The number of hydrogen-bond donors (Lipinski definition) is 1. The molecule has 0 aliphatic carbocycles. The van der Waals surface area contributed by atoms with Gasteiger partial charge in [-0.15, -0.1) is 0 Å². The molecule has 5 rings (SSSR count). The first kappa shape index (κ1) is 11.4. The molecule has 0 fully saturated rings. The summed E-state index contributed by atoms with van der Waals surface area (Å²) in [6.45, 7) is 7.00. The molecule has 3 aliphatic rings. The molecule has 0 saturated heterocycles. The smallest absolute Gasteiger partial charge is 0.295 e. The molecule has 100 valence electrons. The van der Waals surface area contributed by atoms with Gasteiger partial charge in [0.1, 0.15) is 5.76 Å². The second-order valence-electron chi connectivity index (χ2n) is 5.46. The van der Waals surface area contributed by atoms with Gasteiger partial charge >= 0.3 is 0 Å². The lowest BCUT2D eigenvalue weighted by Gasteiger charge is -2.01. The number of nitrogens with zero attached hydrogens (tertiary/aromatic N) is 1. The van der Waals surface area contributed by atoms with Gasteiger partial charge in [-0.05, 0) is 12.8 Å². The Morgan fingerprint density at radius 3 is 2.58 bits per heavy atom. The van der Waals surface area contributed by atoms with Gasteiger partial charge in [0.15, 0.2) is 17.0 Å². The summed E-state index contributed by atoms with van der Waals surface area (Å²) in [5.74, 6) is 1.96. The molecule has 1 N–H and O–H groups in total. The largest absolute Gasteiger partial charge is 0.449 e. The van der Waals surface area contributed by atoms with E-state index in [9.17, 15) is 4.57 Å². The summed E-state index contributed by atoms with van der Waals surface area (Å²) in [5.41, 5.74) is 1.43. The predicted molar refractivity (Wildman–Crippen MR) is 73.4 cm³/mol. The molecule has 5 heterocycles. The Balaban J connectivity index is 1.76. The Labute approximate surface area is 110 Å². The second kappa shape index (κ2) is 3.34. The van der Waals surface area contributed by atoms with Crippen LogP contribution in [0.25, 0.3) is 11.5 Å². The van der Waals surface area contributed by atoms with Crippen molar-refractivity contribution in [2.24, 2.45) is 5.92 Å². The van der Waals surface area contributed by atoms with E-state index in [0.717, 1.165) is 35.0 Å². The molecule has 6 heteroatoms. The minimum absolute atomic E-state index is 0.465. The molecule has 0 saturated carbocycles. The highest BCUT2D eigenvalue weighted by Gasteiger charge is 2.75. The quantitative estimate of drug-likeness (QED) is 0.564. The Morgan fingerprint density at radius 1 is 1.32 bits per heavy atom. The number of oxazole rings is 1. The molecule has 0 radical (unpaired) electrons. The van der Waals surface area contributed by atoms with Crippen molar-refractivity contribution >= 4 is 29.3 Å². The normalized spacial score (nSPS) is 21.7. The standard InChI is InChI=1S/C13H15N2O3P/c1-4-14-13-15-8(7(17-13)5-6(2)3)9-10-11-12(18-9)19(10,11)16/h6H,4-5H2,1-3H3,(H,14,15). The van der Waals surface area contributed by atoms with Crippen molar-refractivity contribution in [1.29, 1.82) is 0 Å². The van der Waals surface area contributed by atoms with Crippen molar-refractivity contribution in [3.63, 3.8) is 0 Å². The van der Waals surface area contributed by atoms with E-state index in [1.807, 2.05) is 6.92 Å². The fraction of sp³-hybridized carbons (Fsp3) is 0.462. The van der Waals surface area contributed by atoms with Crippen LogP contribution < -0.4 is 21.4 Å². The molecule has 1 atom stereocenters. The van der Waals surface area contributed by atoms with E-state index in [1.165, 1.54) is 0 Å². The van der Waals surface area contributed by atoms with Crippen molar-refractivity contribution in [2.45, 2.75) is 27.2 Å². The maximum absolute atomic E-state index is 12.0. The van der Waals surface area contributed by atoms with E-state index in [1.54, 1.807) is 0 Å². The van der Waals surface area contributed by atoms with Crippen LogP contribution >= 0.6 is 7.14 Å². The van der Waals surface area contributed by atoms with Crippen LogP contribution in [0.2, 0.25) is 0 Å². The van der Waals surface area contributed by atoms with Crippen LogP contribution in [0.15, 0.2) is 8.83 Å². The van der Waals surface area contributed by atoms with Gasteiger partial charge in [0.05, 0.1) is 10.6 Å². The predicted octanol–water partition coefficient (Wildman–Crippen LogP) is 1.83. The zero-order valence-corrected chi connectivity index (χ0v) is 12.0. The summed E-state index contributed by atoms with van der Waals surface area (Å²) < 4.78 is 23.4. The van der Waals surface area contributed by atoms with E-state index >= 15 is 0 Å². The van der Waals surface area contributed by atoms with Gasteiger partial charge in [-0.25, -0.2) is 0 Å². The minimum Gasteiger partial charge on any atom is -0.449 e. The lowest BCUT2D eigenvalue weighted by molar-refractivity contribution is 0.479. The summed E-state index contributed by atoms with van der Waals surface area (Å²) in [4.78, 5) is 4.45. The summed E-state index contributed by atoms with van der Waals surface area (Å²) in [6.07, 6.45) is 0.794. The van der Waals surface area contributed by atoms with Crippen LogP contribution in [-0.2, 0) is 11.0 Å². The van der Waals surface area contributed by atoms with Gasteiger partial charge in [-0.3, -0.25) is 0 Å². The fourth-order valence-electron chi connectivity index (χ4n) is 2.53. The van der Waals surface area contributed by atoms with Crippen molar-refractivity contribution in [3.8, 4) is 11.5 Å². The molecule has 1 unspecified atom stereocenters. The molecule has 0 spiro atoms. The van der Waals surface area contributed by atoms with E-state index in [-0.39, 0.29) is 0 Å². The van der Waals surface area contributed by atoms with Crippen LogP contribution in [-0.4, -0.2) is 11.5 Å². The molecule has 3 aliphatic heterocycles. The van der Waals surface area contributed by atoms with Gasteiger partial charge in [0, 0.05) is 13.0 Å². The molecule has 5 nitrogen and oxygen atoms in total.